The molecule has 0 spiro atoms. The lowest BCUT2D eigenvalue weighted by Gasteiger charge is -2.69. The number of carbonyl (C=O) groups is 2. The summed E-state index contributed by atoms with van der Waals surface area (Å²) in [5.41, 5.74) is 2.88. The number of para-hydroxylation sites is 2. The van der Waals surface area contributed by atoms with Gasteiger partial charge in [0.15, 0.2) is 0 Å². The molecule has 8 nitrogen and oxygen atoms in total. The first-order valence-corrected chi connectivity index (χ1v) is 19.1. The van der Waals surface area contributed by atoms with Crippen molar-refractivity contribution in [3.05, 3.63) is 81.5 Å². The number of rotatable bonds is 5. The van der Waals surface area contributed by atoms with Crippen LogP contribution in [-0.2, 0) is 14.3 Å². The lowest BCUT2D eigenvalue weighted by Crippen LogP contribution is -2.65. The maximum Gasteiger partial charge on any atom is 0.331 e. The highest BCUT2D eigenvalue weighted by atomic mass is 16.5. The van der Waals surface area contributed by atoms with E-state index in [1.54, 1.807) is 12.1 Å². The van der Waals surface area contributed by atoms with Crippen molar-refractivity contribution in [3.8, 4) is 0 Å². The Morgan fingerprint density at radius 1 is 0.904 bits per heavy atom. The molecular weight excluding hydrogens is 656 g/mol. The zero-order chi connectivity index (χ0) is 37.7. The van der Waals surface area contributed by atoms with E-state index in [0.717, 1.165) is 36.8 Å². The van der Waals surface area contributed by atoms with E-state index in [1.165, 1.54) is 6.92 Å². The van der Waals surface area contributed by atoms with Crippen LogP contribution in [0.2, 0.25) is 0 Å². The molecule has 0 bridgehead atoms. The molecule has 1 aromatic heterocycles. The van der Waals surface area contributed by atoms with Crippen molar-refractivity contribution in [2.24, 2.45) is 39.9 Å². The Morgan fingerprint density at radius 3 is 2.10 bits per heavy atom. The number of ether oxygens (including phenoxy) is 1. The number of hydrogen-bond acceptors (Lipinski definition) is 7. The summed E-state index contributed by atoms with van der Waals surface area (Å²) in [6.45, 7) is 14.5. The molecule has 0 saturated heterocycles. The van der Waals surface area contributed by atoms with E-state index in [-0.39, 0.29) is 45.5 Å². The lowest BCUT2D eigenvalue weighted by molar-refractivity contribution is -0.234. The number of aliphatic carboxylic acids is 1. The fraction of sp³-hybridized carbons (Fsp3) is 0.568. The molecular formula is C44H56O8. The molecule has 3 N–H and O–H groups in total. The Morgan fingerprint density at radius 2 is 1.52 bits per heavy atom. The average Bonchev–Trinajstić information content (AvgIpc) is 3.36. The Kier molecular flexibility index (Phi) is 10.4. The molecule has 0 radical (unpaired) electrons. The summed E-state index contributed by atoms with van der Waals surface area (Å²) in [6, 6.07) is 14.6. The number of benzene rings is 2. The zero-order valence-corrected chi connectivity index (χ0v) is 31.8. The predicted octanol–water partition coefficient (Wildman–Crippen LogP) is 8.61. The molecule has 4 aliphatic carbocycles. The van der Waals surface area contributed by atoms with Gasteiger partial charge in [-0.25, -0.2) is 4.79 Å². The van der Waals surface area contributed by atoms with E-state index in [4.69, 9.17) is 9.15 Å². The minimum absolute atomic E-state index is 0.0347. The van der Waals surface area contributed by atoms with Crippen molar-refractivity contribution in [2.45, 2.75) is 118 Å². The van der Waals surface area contributed by atoms with E-state index in [9.17, 15) is 29.7 Å². The number of hydrogen-bond donors (Lipinski definition) is 3. The van der Waals surface area contributed by atoms with Crippen molar-refractivity contribution < 1.29 is 34.1 Å². The Balaban J connectivity index is 0.000000255. The molecule has 1 heterocycles. The quantitative estimate of drug-likeness (QED) is 0.104. The molecule has 10 atom stereocenters. The van der Waals surface area contributed by atoms with E-state index in [2.05, 4.69) is 27.7 Å². The van der Waals surface area contributed by atoms with Crippen LogP contribution < -0.4 is 5.43 Å². The molecule has 4 saturated carbocycles. The van der Waals surface area contributed by atoms with Crippen LogP contribution in [0, 0.1) is 39.9 Å². The van der Waals surface area contributed by atoms with Crippen LogP contribution in [0.4, 0.5) is 0 Å². The summed E-state index contributed by atoms with van der Waals surface area (Å²) < 4.78 is 11.5. The monoisotopic (exact) mass is 712 g/mol. The summed E-state index contributed by atoms with van der Waals surface area (Å²) in [5.74, 6) is -0.909. The van der Waals surface area contributed by atoms with Crippen LogP contribution in [-0.4, -0.2) is 45.6 Å². The fourth-order valence-electron chi connectivity index (χ4n) is 11.5. The number of aliphatic hydroxyl groups is 2. The largest absolute Gasteiger partial charge is 0.478 e. The van der Waals surface area contributed by atoms with Crippen LogP contribution in [0.5, 0.6) is 0 Å². The van der Waals surface area contributed by atoms with Gasteiger partial charge in [0.2, 0.25) is 5.43 Å². The predicted molar refractivity (Wildman–Crippen MR) is 203 cm³/mol. The van der Waals surface area contributed by atoms with Gasteiger partial charge in [0, 0.05) is 12.5 Å². The highest BCUT2D eigenvalue weighted by Crippen LogP contribution is 2.74. The highest BCUT2D eigenvalue weighted by molar-refractivity contribution is 5.89. The van der Waals surface area contributed by atoms with E-state index in [1.807, 2.05) is 56.3 Å². The maximum absolute atomic E-state index is 12.6. The molecule has 2 unspecified atom stereocenters. The van der Waals surface area contributed by atoms with Gasteiger partial charge in [-0.1, -0.05) is 63.6 Å². The molecule has 0 aliphatic heterocycles. The minimum atomic E-state index is -0.953. The molecule has 52 heavy (non-hydrogen) atoms. The third kappa shape index (κ3) is 6.34. The molecule has 7 rings (SSSR count). The highest BCUT2D eigenvalue weighted by Gasteiger charge is 2.70. The van der Waals surface area contributed by atoms with Crippen molar-refractivity contribution in [1.82, 2.24) is 0 Å². The molecule has 4 fully saturated rings. The van der Waals surface area contributed by atoms with Crippen LogP contribution in [0.25, 0.3) is 21.9 Å². The molecule has 280 valence electrons. The van der Waals surface area contributed by atoms with Gasteiger partial charge >= 0.3 is 11.9 Å². The Labute approximate surface area is 306 Å². The normalized spacial score (nSPS) is 36.1. The van der Waals surface area contributed by atoms with Crippen molar-refractivity contribution in [3.63, 3.8) is 0 Å². The van der Waals surface area contributed by atoms with Gasteiger partial charge in [-0.15, -0.1) is 0 Å². The van der Waals surface area contributed by atoms with Crippen LogP contribution in [0.3, 0.4) is 0 Å². The van der Waals surface area contributed by atoms with E-state index < -0.39 is 24.1 Å². The Bertz CT molecular complexity index is 1910. The smallest absolute Gasteiger partial charge is 0.331 e. The first-order valence-electron chi connectivity index (χ1n) is 19.1. The summed E-state index contributed by atoms with van der Waals surface area (Å²) in [7, 11) is 0. The van der Waals surface area contributed by atoms with Gasteiger partial charge in [0.25, 0.3) is 0 Å². The third-order valence-corrected chi connectivity index (χ3v) is 14.1. The van der Waals surface area contributed by atoms with Crippen LogP contribution in [0.15, 0.2) is 80.5 Å². The molecule has 2 aromatic carbocycles. The summed E-state index contributed by atoms with van der Waals surface area (Å²) in [5, 5.41) is 34.1. The topological polar surface area (TPSA) is 134 Å². The third-order valence-electron chi connectivity index (χ3n) is 14.1. The van der Waals surface area contributed by atoms with E-state index >= 15 is 0 Å². The summed E-state index contributed by atoms with van der Waals surface area (Å²) >= 11 is 0. The zero-order valence-electron chi connectivity index (χ0n) is 31.8. The van der Waals surface area contributed by atoms with Gasteiger partial charge < -0.3 is 24.5 Å². The van der Waals surface area contributed by atoms with Gasteiger partial charge in [0.05, 0.1) is 23.0 Å². The molecule has 3 aromatic rings. The standard InChI is InChI=1S/C31H48O6.C13H8O2/c1-17(2)9-8-10-20(28(35)36)26-22-15-24(34)27-29(5)13-12-23(33)18(3)21(29)11-14-30(27,6)31(22,7)16-25(26)37-19(4)32;14-13-9-5-1-3-7-11(9)15-12-8-4-2-6-10(12)13/h9,18,21-25,27,33-34H,8,10-16H2,1-7H3,(H,35,36);1-8H/t18-,21?,22+,23+,24+,25-,27?,29-,30-,31-;/m0./s1. The summed E-state index contributed by atoms with van der Waals surface area (Å²) in [4.78, 5) is 36.9. The molecule has 0 amide bonds. The number of fused-ring (bicyclic) bond motifs is 7. The van der Waals surface area contributed by atoms with Crippen LogP contribution >= 0.6 is 0 Å². The number of carboxylic acids is 1. The number of aliphatic hydroxyl groups excluding tert-OH is 2. The second-order valence-corrected chi connectivity index (χ2v) is 17.1. The number of carbonyl (C=O) groups excluding carboxylic acids is 1. The second kappa shape index (κ2) is 14.2. The number of carboxylic acid groups (broad SMARTS) is 1. The average molecular weight is 713 g/mol. The van der Waals surface area contributed by atoms with Gasteiger partial charge in [0.1, 0.15) is 17.3 Å². The first-order chi connectivity index (χ1) is 24.5. The van der Waals surface area contributed by atoms with Crippen molar-refractivity contribution in [1.29, 1.82) is 0 Å². The van der Waals surface area contributed by atoms with Crippen LogP contribution in [0.1, 0.15) is 99.8 Å². The number of esters is 1. The van der Waals surface area contributed by atoms with Crippen molar-refractivity contribution >= 4 is 33.9 Å². The maximum atomic E-state index is 12.6. The van der Waals surface area contributed by atoms with Gasteiger partial charge in [-0.3, -0.25) is 9.59 Å². The SMILES string of the molecule is CC(=O)O[C@H]1C[C@@]2(C)[C@H](C[C@@H](O)C3[C@@]4(C)CC[C@@H](O)[C@@H](C)C4CC[C@@]32C)C1=C(CCC=C(C)C)C(=O)O.O=c1c2ccccc2oc2ccccc12. The minimum Gasteiger partial charge on any atom is -0.478 e. The number of allylic oxidation sites excluding steroid dienone is 2. The van der Waals surface area contributed by atoms with Crippen molar-refractivity contribution in [2.75, 3.05) is 0 Å². The lowest BCUT2D eigenvalue weighted by atomic mass is 9.36. The second-order valence-electron chi connectivity index (χ2n) is 17.1. The fourth-order valence-corrected chi connectivity index (χ4v) is 11.5. The van der Waals surface area contributed by atoms with Gasteiger partial charge in [-0.2, -0.15) is 0 Å². The summed E-state index contributed by atoms with van der Waals surface area (Å²) in [6.07, 6.45) is 6.22. The Hall–Kier alpha value is -3.75. The molecule has 8 heteroatoms. The molecule has 4 aliphatic rings. The van der Waals surface area contributed by atoms with E-state index in [0.29, 0.717) is 59.1 Å². The van der Waals surface area contributed by atoms with Gasteiger partial charge in [-0.05, 0) is 135 Å². The first kappa shape index (κ1) is 38.0.